The molecule has 2 fully saturated rings. The maximum Gasteiger partial charge on any atom is 0.253 e. The molecule has 0 radical (unpaired) electrons. The highest BCUT2D eigenvalue weighted by atomic mass is 32.2. The van der Waals surface area contributed by atoms with Crippen molar-refractivity contribution in [1.82, 2.24) is 14.2 Å². The Morgan fingerprint density at radius 3 is 2.66 bits per heavy atom. The van der Waals surface area contributed by atoms with Gasteiger partial charge in [-0.15, -0.1) is 11.3 Å². The molecule has 1 aromatic carbocycles. The number of carbonyl (C=O) groups excluding carboxylic acids is 1. The van der Waals surface area contributed by atoms with Gasteiger partial charge in [-0.2, -0.15) is 4.31 Å². The molecular weight excluding hydrogens is 464 g/mol. The molecule has 170 valence electrons. The minimum absolute atomic E-state index is 0.0654. The zero-order valence-electron chi connectivity index (χ0n) is 17.9. The number of thiophene rings is 1. The highest BCUT2D eigenvalue weighted by molar-refractivity contribution is 7.91. The van der Waals surface area contributed by atoms with Crippen molar-refractivity contribution in [2.45, 2.75) is 36.4 Å². The maximum atomic E-state index is 13.4. The van der Waals surface area contributed by atoms with E-state index >= 15 is 0 Å². The van der Waals surface area contributed by atoms with Gasteiger partial charge in [0.05, 0.1) is 10.2 Å². The molecule has 2 aromatic heterocycles. The van der Waals surface area contributed by atoms with Crippen LogP contribution >= 0.6 is 22.7 Å². The van der Waals surface area contributed by atoms with E-state index in [0.29, 0.717) is 43.4 Å². The van der Waals surface area contributed by atoms with Crippen molar-refractivity contribution >= 4 is 54.0 Å². The molecule has 4 heterocycles. The van der Waals surface area contributed by atoms with Crippen LogP contribution in [0.4, 0.5) is 5.13 Å². The second-order valence-corrected chi connectivity index (χ2v) is 12.4. The molecule has 0 saturated carbocycles. The second-order valence-electron chi connectivity index (χ2n) is 8.34. The molecule has 1 atom stereocenters. The Kier molecular flexibility index (Phi) is 5.96. The zero-order valence-corrected chi connectivity index (χ0v) is 20.4. The number of carbonyl (C=O) groups is 1. The molecule has 3 aromatic rings. The van der Waals surface area contributed by atoms with Gasteiger partial charge < -0.3 is 9.80 Å². The van der Waals surface area contributed by atoms with Crippen molar-refractivity contribution in [3.05, 3.63) is 41.3 Å². The molecule has 1 unspecified atom stereocenters. The van der Waals surface area contributed by atoms with Gasteiger partial charge in [0, 0.05) is 32.7 Å². The van der Waals surface area contributed by atoms with Gasteiger partial charge in [0.1, 0.15) is 10.3 Å². The molecule has 2 saturated heterocycles. The molecule has 32 heavy (non-hydrogen) atoms. The first-order chi connectivity index (χ1) is 15.4. The van der Waals surface area contributed by atoms with E-state index in [1.54, 1.807) is 28.8 Å². The van der Waals surface area contributed by atoms with Crippen LogP contribution in [0, 0.1) is 6.92 Å². The summed E-state index contributed by atoms with van der Waals surface area (Å²) in [6, 6.07) is 9.03. The number of hydrogen-bond acceptors (Lipinski definition) is 7. The first-order valence-electron chi connectivity index (χ1n) is 10.9. The highest BCUT2D eigenvalue weighted by Gasteiger charge is 2.40. The number of aromatic nitrogens is 1. The van der Waals surface area contributed by atoms with E-state index in [0.717, 1.165) is 23.5 Å². The molecule has 5 rings (SSSR count). The van der Waals surface area contributed by atoms with Crippen molar-refractivity contribution in [1.29, 1.82) is 0 Å². The fourth-order valence-electron chi connectivity index (χ4n) is 4.45. The van der Waals surface area contributed by atoms with Crippen LogP contribution in [-0.4, -0.2) is 67.3 Å². The molecule has 0 bridgehead atoms. The molecule has 7 nitrogen and oxygen atoms in total. The Hall–Kier alpha value is -2.01. The SMILES string of the molecule is Cc1ccc2nc(N3CCN(C(=O)C4CCCCN4S(=O)(=O)c4cccs4)CC3)sc2c1. The van der Waals surface area contributed by atoms with E-state index in [4.69, 9.17) is 4.98 Å². The summed E-state index contributed by atoms with van der Waals surface area (Å²) in [6.07, 6.45) is 2.25. The number of sulfonamides is 1. The molecular formula is C22H26N4O3S3. The normalized spacial score (nSPS) is 20.7. The summed E-state index contributed by atoms with van der Waals surface area (Å²) in [5, 5.41) is 2.74. The van der Waals surface area contributed by atoms with Crippen LogP contribution in [0.25, 0.3) is 10.2 Å². The molecule has 0 spiro atoms. The summed E-state index contributed by atoms with van der Waals surface area (Å²) in [5.41, 5.74) is 2.23. The lowest BCUT2D eigenvalue weighted by Gasteiger charge is -2.40. The van der Waals surface area contributed by atoms with E-state index < -0.39 is 16.1 Å². The van der Waals surface area contributed by atoms with Crippen LogP contribution in [-0.2, 0) is 14.8 Å². The standard InChI is InChI=1S/C22H26N4O3S3/c1-16-7-8-17-19(15-16)31-22(23-17)25-12-10-24(11-13-25)21(27)18-5-2-3-9-26(18)32(28,29)20-6-4-14-30-20/h4,6-8,14-15,18H,2-3,5,9-13H2,1H3. The van der Waals surface area contributed by atoms with Gasteiger partial charge in [0.25, 0.3) is 10.0 Å². The molecule has 1 amide bonds. The van der Waals surface area contributed by atoms with Crippen molar-refractivity contribution < 1.29 is 13.2 Å². The van der Waals surface area contributed by atoms with Crippen LogP contribution in [0.1, 0.15) is 24.8 Å². The maximum absolute atomic E-state index is 13.4. The second kappa shape index (κ2) is 8.74. The van der Waals surface area contributed by atoms with Gasteiger partial charge in [0.2, 0.25) is 5.91 Å². The summed E-state index contributed by atoms with van der Waals surface area (Å²) in [7, 11) is -3.64. The largest absolute Gasteiger partial charge is 0.345 e. The fraction of sp³-hybridized carbons (Fsp3) is 0.455. The number of amides is 1. The lowest BCUT2D eigenvalue weighted by atomic mass is 10.0. The van der Waals surface area contributed by atoms with E-state index in [2.05, 4.69) is 30.0 Å². The molecule has 10 heteroatoms. The summed E-state index contributed by atoms with van der Waals surface area (Å²) in [6.45, 7) is 5.05. The van der Waals surface area contributed by atoms with Crippen molar-refractivity contribution in [2.24, 2.45) is 0 Å². The average molecular weight is 491 g/mol. The van der Waals surface area contributed by atoms with Crippen LogP contribution in [0.5, 0.6) is 0 Å². The number of piperidine rings is 1. The minimum Gasteiger partial charge on any atom is -0.345 e. The minimum atomic E-state index is -3.64. The Morgan fingerprint density at radius 2 is 1.91 bits per heavy atom. The van der Waals surface area contributed by atoms with Crippen molar-refractivity contribution in [2.75, 3.05) is 37.6 Å². The lowest BCUT2D eigenvalue weighted by molar-refractivity contribution is -0.136. The van der Waals surface area contributed by atoms with Crippen LogP contribution in [0.15, 0.2) is 39.9 Å². The van der Waals surface area contributed by atoms with E-state index in [9.17, 15) is 13.2 Å². The Bertz CT molecular complexity index is 1210. The van der Waals surface area contributed by atoms with Gasteiger partial charge in [-0.25, -0.2) is 13.4 Å². The number of benzene rings is 1. The summed E-state index contributed by atoms with van der Waals surface area (Å²) in [5.74, 6) is -0.0654. The zero-order chi connectivity index (χ0) is 22.3. The first-order valence-corrected chi connectivity index (χ1v) is 14.0. The summed E-state index contributed by atoms with van der Waals surface area (Å²) in [4.78, 5) is 22.2. The predicted molar refractivity (Wildman–Crippen MR) is 129 cm³/mol. The third-order valence-electron chi connectivity index (χ3n) is 6.19. The molecule has 0 N–H and O–H groups in total. The van der Waals surface area contributed by atoms with E-state index in [1.807, 2.05) is 4.90 Å². The first kappa shape index (κ1) is 21.8. The van der Waals surface area contributed by atoms with Gasteiger partial charge in [-0.1, -0.05) is 29.9 Å². The fourth-order valence-corrected chi connectivity index (χ4v) is 8.33. The summed E-state index contributed by atoms with van der Waals surface area (Å²) < 4.78 is 29.2. The predicted octanol–water partition coefficient (Wildman–Crippen LogP) is 3.56. The van der Waals surface area contributed by atoms with E-state index in [-0.39, 0.29) is 5.91 Å². The number of thiazole rings is 1. The monoisotopic (exact) mass is 490 g/mol. The lowest BCUT2D eigenvalue weighted by Crippen LogP contribution is -2.57. The summed E-state index contributed by atoms with van der Waals surface area (Å²) >= 11 is 2.89. The Labute approximate surface area is 196 Å². The van der Waals surface area contributed by atoms with Crippen LogP contribution in [0.2, 0.25) is 0 Å². The highest BCUT2D eigenvalue weighted by Crippen LogP contribution is 2.31. The molecule has 0 aliphatic carbocycles. The van der Waals surface area contributed by atoms with Gasteiger partial charge in [-0.05, 0) is 48.9 Å². The van der Waals surface area contributed by atoms with Gasteiger partial charge in [0.15, 0.2) is 5.13 Å². The Balaban J connectivity index is 1.28. The van der Waals surface area contributed by atoms with Crippen molar-refractivity contribution in [3.8, 4) is 0 Å². The number of fused-ring (bicyclic) bond motifs is 1. The number of hydrogen-bond donors (Lipinski definition) is 0. The third-order valence-corrected chi connectivity index (χ3v) is 10.6. The number of aryl methyl sites for hydroxylation is 1. The number of rotatable bonds is 4. The van der Waals surface area contributed by atoms with Crippen molar-refractivity contribution in [3.63, 3.8) is 0 Å². The molecule has 2 aliphatic rings. The number of nitrogens with zero attached hydrogens (tertiary/aromatic N) is 4. The van der Waals surface area contributed by atoms with Crippen LogP contribution < -0.4 is 4.90 Å². The van der Waals surface area contributed by atoms with Gasteiger partial charge in [-0.3, -0.25) is 4.79 Å². The number of anilines is 1. The molecule has 2 aliphatic heterocycles. The third kappa shape index (κ3) is 4.05. The topological polar surface area (TPSA) is 73.8 Å². The number of piperazine rings is 1. The van der Waals surface area contributed by atoms with E-state index in [1.165, 1.54) is 25.9 Å². The smallest absolute Gasteiger partial charge is 0.253 e. The van der Waals surface area contributed by atoms with Gasteiger partial charge >= 0.3 is 0 Å². The average Bonchev–Trinajstić information content (AvgIpc) is 3.49. The quantitative estimate of drug-likeness (QED) is 0.559. The van der Waals surface area contributed by atoms with Crippen LogP contribution in [0.3, 0.4) is 0 Å². The Morgan fingerprint density at radius 1 is 1.09 bits per heavy atom.